The number of nitrogens with two attached hydrogens (primary N) is 1. The number of hydrogen-bond acceptors (Lipinski definition) is 8. The van der Waals surface area contributed by atoms with E-state index in [-0.39, 0.29) is 28.4 Å². The highest BCUT2D eigenvalue weighted by Gasteiger charge is 2.23. The highest BCUT2D eigenvalue weighted by atomic mass is 35.5. The van der Waals surface area contributed by atoms with Gasteiger partial charge in [0, 0.05) is 6.07 Å². The third-order valence-corrected chi connectivity index (χ3v) is 2.92. The minimum absolute atomic E-state index is 0.0597. The average Bonchev–Trinajstić information content (AvgIpc) is 2.44. The number of aromatic hydroxyl groups is 1. The molecule has 1 heterocycles. The molecule has 0 unspecified atom stereocenters. The number of amides is 1. The second-order valence-corrected chi connectivity index (χ2v) is 4.40. The van der Waals surface area contributed by atoms with Gasteiger partial charge in [-0.25, -0.2) is 10.6 Å². The second-order valence-electron chi connectivity index (χ2n) is 3.99. The van der Waals surface area contributed by atoms with Crippen LogP contribution in [0.2, 0.25) is 5.02 Å². The number of carbonyl (C=O) groups is 1. The zero-order valence-electron chi connectivity index (χ0n) is 11.2. The predicted octanol–water partition coefficient (Wildman–Crippen LogP) is 1.73. The Hall–Kier alpha value is -2.72. The molecule has 22 heavy (non-hydrogen) atoms. The molecule has 0 atom stereocenters. The summed E-state index contributed by atoms with van der Waals surface area (Å²) in [4.78, 5) is 29.2. The van der Waals surface area contributed by atoms with Crippen LogP contribution in [0.5, 0.6) is 6.01 Å². The van der Waals surface area contributed by atoms with Crippen LogP contribution < -0.4 is 10.9 Å². The Morgan fingerprint density at radius 2 is 2.23 bits per heavy atom. The summed E-state index contributed by atoms with van der Waals surface area (Å²) in [5.41, 5.74) is -0.334. The summed E-state index contributed by atoms with van der Waals surface area (Å²) in [6.45, 7) is 1.64. The van der Waals surface area contributed by atoms with Crippen molar-refractivity contribution in [2.45, 2.75) is 6.92 Å². The average molecular weight is 328 g/mol. The number of aromatic nitrogens is 2. The van der Waals surface area contributed by atoms with Crippen LogP contribution in [0.3, 0.4) is 0 Å². The van der Waals surface area contributed by atoms with Gasteiger partial charge in [-0.2, -0.15) is 15.0 Å². The molecule has 11 heteroatoms. The predicted molar refractivity (Wildman–Crippen MR) is 76.6 cm³/mol. The van der Waals surface area contributed by atoms with Gasteiger partial charge in [-0.05, 0) is 13.0 Å². The molecule has 0 spiro atoms. The van der Waals surface area contributed by atoms with E-state index in [4.69, 9.17) is 22.2 Å². The van der Waals surface area contributed by atoms with Crippen molar-refractivity contribution in [3.8, 4) is 6.01 Å². The quantitative estimate of drug-likeness (QED) is 0.375. The van der Waals surface area contributed by atoms with Crippen molar-refractivity contribution in [3.05, 3.63) is 27.3 Å². The second kappa shape index (κ2) is 5.95. The number of fused-ring (bicyclic) bond motifs is 1. The van der Waals surface area contributed by atoms with Crippen LogP contribution in [0.4, 0.5) is 16.3 Å². The minimum atomic E-state index is -0.945. The molecule has 0 aliphatic carbocycles. The number of ether oxygens (including phenoxy) is 1. The lowest BCUT2D eigenvalue weighted by Gasteiger charge is -2.16. The molecule has 0 fully saturated rings. The molecular weight excluding hydrogens is 318 g/mol. The molecule has 0 saturated carbocycles. The zero-order valence-corrected chi connectivity index (χ0v) is 11.9. The molecule has 2 rings (SSSR count). The SMILES string of the molecule is CCOC(=O)N(N)c1nc(O)nc2cc(Cl)c([N+](=O)[O-])cc12. The van der Waals surface area contributed by atoms with E-state index in [1.807, 2.05) is 0 Å². The van der Waals surface area contributed by atoms with E-state index >= 15 is 0 Å². The maximum absolute atomic E-state index is 11.7. The van der Waals surface area contributed by atoms with Crippen molar-refractivity contribution >= 4 is 40.1 Å². The fourth-order valence-corrected chi connectivity index (χ4v) is 1.94. The van der Waals surface area contributed by atoms with Crippen LogP contribution >= 0.6 is 11.6 Å². The van der Waals surface area contributed by atoms with E-state index in [2.05, 4.69) is 9.97 Å². The first-order chi connectivity index (χ1) is 10.3. The van der Waals surface area contributed by atoms with Gasteiger partial charge in [-0.1, -0.05) is 11.6 Å². The van der Waals surface area contributed by atoms with Crippen molar-refractivity contribution in [1.82, 2.24) is 9.97 Å². The number of halogens is 1. The lowest BCUT2D eigenvalue weighted by Crippen LogP contribution is -2.38. The van der Waals surface area contributed by atoms with Gasteiger partial charge < -0.3 is 9.84 Å². The van der Waals surface area contributed by atoms with E-state index in [0.29, 0.717) is 5.01 Å². The molecule has 0 saturated heterocycles. The lowest BCUT2D eigenvalue weighted by atomic mass is 10.2. The topological polar surface area (TPSA) is 145 Å². The Labute approximate surface area is 128 Å². The highest BCUT2D eigenvalue weighted by Crippen LogP contribution is 2.33. The maximum atomic E-state index is 11.7. The number of rotatable bonds is 3. The van der Waals surface area contributed by atoms with E-state index in [9.17, 15) is 20.0 Å². The molecule has 0 bridgehead atoms. The molecule has 1 aromatic carbocycles. The number of carbonyl (C=O) groups excluding carboxylic acids is 1. The van der Waals surface area contributed by atoms with Crippen molar-refractivity contribution in [2.75, 3.05) is 11.6 Å². The molecule has 0 aliphatic rings. The van der Waals surface area contributed by atoms with Gasteiger partial charge in [0.15, 0.2) is 5.82 Å². The van der Waals surface area contributed by atoms with E-state index in [1.165, 1.54) is 6.07 Å². The molecule has 2 aromatic rings. The van der Waals surface area contributed by atoms with Gasteiger partial charge in [0.2, 0.25) is 0 Å². The molecule has 0 aliphatic heterocycles. The zero-order chi connectivity index (χ0) is 16.4. The molecule has 0 radical (unpaired) electrons. The summed E-state index contributed by atoms with van der Waals surface area (Å²) in [7, 11) is 0. The number of nitrogens with zero attached hydrogens (tertiary/aromatic N) is 4. The third kappa shape index (κ3) is 2.82. The van der Waals surface area contributed by atoms with Crippen LogP contribution in [0, 0.1) is 10.1 Å². The molecule has 1 aromatic heterocycles. The van der Waals surface area contributed by atoms with E-state index in [1.54, 1.807) is 6.92 Å². The van der Waals surface area contributed by atoms with Gasteiger partial charge in [-0.3, -0.25) is 10.1 Å². The summed E-state index contributed by atoms with van der Waals surface area (Å²) < 4.78 is 4.71. The molecule has 10 nitrogen and oxygen atoms in total. The molecule has 3 N–H and O–H groups in total. The maximum Gasteiger partial charge on any atom is 0.430 e. The molecular formula is C11H10ClN5O5. The summed E-state index contributed by atoms with van der Waals surface area (Å²) in [6, 6.07) is 1.55. The number of anilines is 1. The summed E-state index contributed by atoms with van der Waals surface area (Å²) >= 11 is 5.77. The van der Waals surface area contributed by atoms with Crippen molar-refractivity contribution < 1.29 is 19.6 Å². The van der Waals surface area contributed by atoms with Crippen LogP contribution in [0.15, 0.2) is 12.1 Å². The number of benzene rings is 1. The number of nitro benzene ring substituents is 1. The smallest absolute Gasteiger partial charge is 0.430 e. The Bertz CT molecular complexity index is 768. The van der Waals surface area contributed by atoms with Crippen LogP contribution in [-0.2, 0) is 4.74 Å². The Morgan fingerprint density at radius 1 is 1.55 bits per heavy atom. The Balaban J connectivity index is 2.69. The highest BCUT2D eigenvalue weighted by molar-refractivity contribution is 6.33. The van der Waals surface area contributed by atoms with E-state index in [0.717, 1.165) is 6.07 Å². The minimum Gasteiger partial charge on any atom is -0.479 e. The first kappa shape index (κ1) is 15.7. The van der Waals surface area contributed by atoms with Gasteiger partial charge in [0.25, 0.3) is 5.69 Å². The monoisotopic (exact) mass is 327 g/mol. The van der Waals surface area contributed by atoms with Crippen LogP contribution in [0.25, 0.3) is 10.9 Å². The van der Waals surface area contributed by atoms with Gasteiger partial charge in [0.05, 0.1) is 22.4 Å². The Morgan fingerprint density at radius 3 is 2.82 bits per heavy atom. The van der Waals surface area contributed by atoms with Crippen LogP contribution in [-0.4, -0.2) is 32.7 Å². The summed E-state index contributed by atoms with van der Waals surface area (Å²) in [5, 5.41) is 20.9. The van der Waals surface area contributed by atoms with Crippen molar-refractivity contribution in [3.63, 3.8) is 0 Å². The number of hydrazine groups is 1. The number of hydrogen-bond donors (Lipinski definition) is 2. The normalized spacial score (nSPS) is 10.5. The molecule has 116 valence electrons. The van der Waals surface area contributed by atoms with Crippen molar-refractivity contribution in [2.24, 2.45) is 5.84 Å². The first-order valence-electron chi connectivity index (χ1n) is 5.91. The first-order valence-corrected chi connectivity index (χ1v) is 6.29. The van der Waals surface area contributed by atoms with Gasteiger partial charge >= 0.3 is 12.1 Å². The fraction of sp³-hybridized carbons (Fsp3) is 0.182. The largest absolute Gasteiger partial charge is 0.479 e. The van der Waals surface area contributed by atoms with Gasteiger partial charge in [-0.15, -0.1) is 0 Å². The van der Waals surface area contributed by atoms with Gasteiger partial charge in [0.1, 0.15) is 5.02 Å². The van der Waals surface area contributed by atoms with Crippen molar-refractivity contribution in [1.29, 1.82) is 0 Å². The summed E-state index contributed by atoms with van der Waals surface area (Å²) in [6.07, 6.45) is -0.945. The Kier molecular flexibility index (Phi) is 4.24. The van der Waals surface area contributed by atoms with Crippen LogP contribution in [0.1, 0.15) is 6.92 Å². The lowest BCUT2D eigenvalue weighted by molar-refractivity contribution is -0.384. The van der Waals surface area contributed by atoms with E-state index < -0.39 is 22.7 Å². The number of nitro groups is 1. The molecule has 1 amide bonds. The fourth-order valence-electron chi connectivity index (χ4n) is 1.71. The standard InChI is InChI=1S/C11H10ClN5O5/c1-2-22-11(19)16(13)9-5-3-8(17(20)21)6(12)4-7(5)14-10(18)15-9/h3-4H,2,13H2,1H3,(H,14,15,18). The third-order valence-electron chi connectivity index (χ3n) is 2.62. The summed E-state index contributed by atoms with van der Waals surface area (Å²) in [5.74, 6) is 5.33.